The fraction of sp³-hybridized carbons (Fsp3) is 0.750. The summed E-state index contributed by atoms with van der Waals surface area (Å²) in [6.45, 7) is 7.60. The van der Waals surface area contributed by atoms with Crippen LogP contribution in [0.1, 0.15) is 64.7 Å². The van der Waals surface area contributed by atoms with Crippen molar-refractivity contribution >= 4 is 28.9 Å². The average Bonchev–Trinajstić information content (AvgIpc) is 3.11. The lowest BCUT2D eigenvalue weighted by molar-refractivity contribution is -0.142. The maximum absolute atomic E-state index is 12.0. The van der Waals surface area contributed by atoms with Crippen LogP contribution < -0.4 is 14.8 Å². The number of hydrogen-bond donors (Lipinski definition) is 2. The number of rotatable bonds is 37. The second-order valence-corrected chi connectivity index (χ2v) is 12.6. The molecule has 0 aliphatic heterocycles. The predicted molar refractivity (Wildman–Crippen MR) is 194 cm³/mol. The van der Waals surface area contributed by atoms with E-state index >= 15 is 0 Å². The number of carbonyl (C=O) groups is 3. The zero-order valence-corrected chi connectivity index (χ0v) is 31.3. The summed E-state index contributed by atoms with van der Waals surface area (Å²) in [6, 6.07) is 6.74. The molecule has 0 bridgehead atoms. The number of nitrogens with one attached hydrogen (secondary N) is 1. The van der Waals surface area contributed by atoms with Gasteiger partial charge in [0.05, 0.1) is 79.3 Å². The number of amides is 1. The highest BCUT2D eigenvalue weighted by Crippen LogP contribution is 2.17. The lowest BCUT2D eigenvalue weighted by Crippen LogP contribution is -2.30. The van der Waals surface area contributed by atoms with E-state index in [2.05, 4.69) is 5.32 Å². The minimum Gasteiger partial charge on any atom is -0.491 e. The Morgan fingerprint density at radius 3 is 1.51 bits per heavy atom. The highest BCUT2D eigenvalue weighted by molar-refractivity contribution is 8.13. The molecule has 0 saturated carbocycles. The molecule has 1 rings (SSSR count). The Balaban J connectivity index is 1.82. The second kappa shape index (κ2) is 35.9. The van der Waals surface area contributed by atoms with Gasteiger partial charge in [-0.15, -0.1) is 0 Å². The number of unbranched alkanes of at least 4 members (excludes halogenated alkanes) is 8. The van der Waals surface area contributed by atoms with E-state index in [1.54, 1.807) is 31.2 Å². The zero-order valence-electron chi connectivity index (χ0n) is 30.4. The summed E-state index contributed by atoms with van der Waals surface area (Å²) in [6.07, 6.45) is 10.5. The largest absolute Gasteiger partial charge is 0.491 e. The van der Waals surface area contributed by atoms with Crippen molar-refractivity contribution in [3.63, 3.8) is 0 Å². The van der Waals surface area contributed by atoms with Gasteiger partial charge in [0, 0.05) is 25.8 Å². The highest BCUT2D eigenvalue weighted by Gasteiger charge is 2.05. The molecule has 51 heavy (non-hydrogen) atoms. The van der Waals surface area contributed by atoms with Crippen molar-refractivity contribution in [3.05, 3.63) is 24.3 Å². The van der Waals surface area contributed by atoms with Gasteiger partial charge in [-0.3, -0.25) is 4.79 Å². The third-order valence-electron chi connectivity index (χ3n) is 6.87. The normalized spacial score (nSPS) is 11.1. The summed E-state index contributed by atoms with van der Waals surface area (Å²) in [5.74, 6) is 0.974. The lowest BCUT2D eigenvalue weighted by Gasteiger charge is -2.10. The number of thioether (sulfide) groups is 1. The van der Waals surface area contributed by atoms with Crippen LogP contribution in [0.5, 0.6) is 11.5 Å². The van der Waals surface area contributed by atoms with Gasteiger partial charge in [-0.2, -0.15) is 0 Å². The zero-order chi connectivity index (χ0) is 36.9. The molecule has 0 fully saturated rings. The van der Waals surface area contributed by atoms with E-state index in [1.807, 2.05) is 0 Å². The molecule has 1 amide bonds. The number of hydrogen-bond acceptors (Lipinski definition) is 13. The molecule has 2 N–H and O–H groups in total. The summed E-state index contributed by atoms with van der Waals surface area (Å²) in [5.41, 5.74) is 0. The van der Waals surface area contributed by atoms with Crippen LogP contribution in [0.15, 0.2) is 24.3 Å². The summed E-state index contributed by atoms with van der Waals surface area (Å²) in [7, 11) is 0. The quantitative estimate of drug-likeness (QED) is 0.0859. The summed E-state index contributed by atoms with van der Waals surface area (Å²) in [5, 5.41) is 11.3. The Hall–Kier alpha value is -2.50. The third-order valence-corrected chi connectivity index (χ3v) is 7.77. The van der Waals surface area contributed by atoms with Crippen LogP contribution in [0.25, 0.3) is 0 Å². The Morgan fingerprint density at radius 2 is 0.980 bits per heavy atom. The number of ether oxygens (including phenoxy) is 9. The number of aliphatic carboxylic acids is 1. The van der Waals surface area contributed by atoms with Gasteiger partial charge in [-0.25, -0.2) is 9.59 Å². The molecule has 15 heteroatoms. The maximum Gasteiger partial charge on any atom is 0.412 e. The predicted octanol–water partition coefficient (Wildman–Crippen LogP) is 5.15. The van der Waals surface area contributed by atoms with Gasteiger partial charge < -0.3 is 53.1 Å². The molecule has 0 aromatic heterocycles. The molecule has 0 atom stereocenters. The maximum atomic E-state index is 12.0. The molecule has 0 heterocycles. The molecule has 0 saturated heterocycles. The second-order valence-electron chi connectivity index (χ2n) is 11.3. The molecule has 1 aromatic rings. The summed E-state index contributed by atoms with van der Waals surface area (Å²) < 4.78 is 48.5. The van der Waals surface area contributed by atoms with Crippen molar-refractivity contribution in [2.24, 2.45) is 0 Å². The third kappa shape index (κ3) is 34.4. The van der Waals surface area contributed by atoms with E-state index in [0.29, 0.717) is 90.8 Å². The van der Waals surface area contributed by atoms with Crippen LogP contribution in [-0.4, -0.2) is 134 Å². The molecule has 0 spiro atoms. The van der Waals surface area contributed by atoms with Crippen LogP contribution in [-0.2, 0) is 42.7 Å². The van der Waals surface area contributed by atoms with Crippen LogP contribution >= 0.6 is 11.8 Å². The van der Waals surface area contributed by atoms with Crippen LogP contribution in [0.3, 0.4) is 0 Å². The first kappa shape index (κ1) is 46.5. The number of carboxylic acid groups (broad SMARTS) is 1. The van der Waals surface area contributed by atoms with Gasteiger partial charge in [0.1, 0.15) is 24.7 Å². The van der Waals surface area contributed by atoms with Crippen molar-refractivity contribution in [1.82, 2.24) is 5.32 Å². The first-order chi connectivity index (χ1) is 25.0. The SMILES string of the molecule is CC(=O)SCCCCCCCCCCCOCCOCCOCCOc1ccc(OC(=O)NCCOCCOCCOCCOCC(=O)O)cc1. The van der Waals surface area contributed by atoms with Gasteiger partial charge in [-0.05, 0) is 37.1 Å². The molecule has 1 aromatic carbocycles. The van der Waals surface area contributed by atoms with Crippen LogP contribution in [0.4, 0.5) is 4.79 Å². The number of carboxylic acids is 1. The van der Waals surface area contributed by atoms with Crippen LogP contribution in [0, 0.1) is 0 Å². The number of carbonyl (C=O) groups excluding carboxylic acids is 2. The molecule has 0 radical (unpaired) electrons. The summed E-state index contributed by atoms with van der Waals surface area (Å²) >= 11 is 1.44. The van der Waals surface area contributed by atoms with Gasteiger partial charge >= 0.3 is 12.1 Å². The monoisotopic (exact) mass is 747 g/mol. The molecule has 14 nitrogen and oxygen atoms in total. The van der Waals surface area contributed by atoms with E-state index in [0.717, 1.165) is 25.2 Å². The van der Waals surface area contributed by atoms with Gasteiger partial charge in [0.15, 0.2) is 5.12 Å². The van der Waals surface area contributed by atoms with E-state index in [1.165, 1.54) is 56.7 Å². The molecule has 0 aliphatic rings. The van der Waals surface area contributed by atoms with E-state index in [-0.39, 0.29) is 24.9 Å². The van der Waals surface area contributed by atoms with Crippen molar-refractivity contribution < 1.29 is 62.1 Å². The van der Waals surface area contributed by atoms with E-state index < -0.39 is 12.1 Å². The first-order valence-electron chi connectivity index (χ1n) is 18.0. The van der Waals surface area contributed by atoms with Crippen LogP contribution in [0.2, 0.25) is 0 Å². The van der Waals surface area contributed by atoms with Gasteiger partial charge in [0.2, 0.25) is 0 Å². The summed E-state index contributed by atoms with van der Waals surface area (Å²) in [4.78, 5) is 33.2. The molecular formula is C36H61NO13S. The Bertz CT molecular complexity index is 971. The topological polar surface area (TPSA) is 167 Å². The fourth-order valence-corrected chi connectivity index (χ4v) is 4.95. The first-order valence-corrected chi connectivity index (χ1v) is 19.0. The minimum atomic E-state index is -1.01. The Labute approximate surface area is 307 Å². The van der Waals surface area contributed by atoms with Gasteiger partial charge in [0.25, 0.3) is 0 Å². The highest BCUT2D eigenvalue weighted by atomic mass is 32.2. The standard InChI is InChI=1S/C36H61NO13S/c1-32(38)51-30-10-8-6-4-2-3-5-7-9-16-42-18-20-44-24-25-47-28-29-49-33-11-13-34(14-12-33)50-36(41)37-15-17-43-19-21-45-22-23-46-26-27-48-31-35(39)40/h11-14H,2-10,15-31H2,1H3,(H,37,41)(H,39,40). The number of benzene rings is 1. The van der Waals surface area contributed by atoms with Crippen molar-refractivity contribution in [2.45, 2.75) is 64.7 Å². The Kier molecular flexibility index (Phi) is 32.7. The smallest absolute Gasteiger partial charge is 0.412 e. The van der Waals surface area contributed by atoms with E-state index in [4.69, 9.17) is 47.7 Å². The Morgan fingerprint density at radius 1 is 0.549 bits per heavy atom. The molecule has 0 aliphatic carbocycles. The van der Waals surface area contributed by atoms with Crippen molar-refractivity contribution in [2.75, 3.05) is 111 Å². The molecule has 294 valence electrons. The van der Waals surface area contributed by atoms with Crippen molar-refractivity contribution in [3.8, 4) is 11.5 Å². The molecule has 0 unspecified atom stereocenters. The lowest BCUT2D eigenvalue weighted by atomic mass is 10.1. The fourth-order valence-electron chi connectivity index (χ4n) is 4.31. The minimum absolute atomic E-state index is 0.213. The van der Waals surface area contributed by atoms with Gasteiger partial charge in [-0.1, -0.05) is 56.7 Å². The van der Waals surface area contributed by atoms with Crippen molar-refractivity contribution in [1.29, 1.82) is 0 Å². The molecular weight excluding hydrogens is 686 g/mol. The van der Waals surface area contributed by atoms with E-state index in [9.17, 15) is 14.4 Å². The average molecular weight is 748 g/mol.